The maximum absolute atomic E-state index is 12.2. The zero-order chi connectivity index (χ0) is 9.90. The Bertz CT molecular complexity index is 260. The third-order valence-electron chi connectivity index (χ3n) is 1.39. The highest BCUT2D eigenvalue weighted by atomic mass is 19.4. The number of pyridine rings is 1. The van der Waals surface area contributed by atoms with Crippen molar-refractivity contribution in [2.75, 3.05) is 0 Å². The Morgan fingerprint density at radius 2 is 2.08 bits per heavy atom. The first-order valence-corrected chi connectivity index (χ1v) is 3.39. The largest absolute Gasteiger partial charge is 0.420 e. The summed E-state index contributed by atoms with van der Waals surface area (Å²) in [5.41, 5.74) is -0.252. The fourth-order valence-electron chi connectivity index (χ4n) is 0.846. The van der Waals surface area contributed by atoms with Gasteiger partial charge in [-0.3, -0.25) is 4.98 Å². The number of nitrogens with zero attached hydrogens (tertiary/aromatic N) is 1. The summed E-state index contributed by atoms with van der Waals surface area (Å²) in [6.45, 7) is 0. The fourth-order valence-corrected chi connectivity index (χ4v) is 0.846. The average Bonchev–Trinajstić information content (AvgIpc) is 2.05. The topological polar surface area (TPSA) is 22.1 Å². The van der Waals surface area contributed by atoms with Crippen molar-refractivity contribution >= 4 is 0 Å². The van der Waals surface area contributed by atoms with E-state index >= 15 is 0 Å². The molecule has 0 aliphatic heterocycles. The molecule has 2 radical (unpaired) electrons. The van der Waals surface area contributed by atoms with Crippen LogP contribution in [-0.4, -0.2) is 11.2 Å². The van der Waals surface area contributed by atoms with Gasteiger partial charge in [0.1, 0.15) is 7.11 Å². The van der Waals surface area contributed by atoms with E-state index in [2.05, 4.69) is 16.8 Å². The molecule has 0 aromatic carbocycles. The zero-order valence-corrected chi connectivity index (χ0v) is 6.45. The number of rotatable bonds is 2. The number of hydrogen-bond donors (Lipinski definition) is 0. The third kappa shape index (κ3) is 2.42. The van der Waals surface area contributed by atoms with E-state index in [1.165, 1.54) is 24.4 Å². The number of ether oxygens (including phenoxy) is 1. The molecule has 1 rings (SSSR count). The highest BCUT2D eigenvalue weighted by Gasteiger charge is 2.42. The summed E-state index contributed by atoms with van der Waals surface area (Å²) in [6, 6.07) is 4.14. The standard InChI is InChI=1S/C8H6F3NO/c1-13-7(8(9,10)11)6-4-2-3-5-12-6/h1-5,7H. The molecule has 70 valence electrons. The van der Waals surface area contributed by atoms with Crippen molar-refractivity contribution in [3.05, 3.63) is 37.2 Å². The fraction of sp³-hybridized carbons (Fsp3) is 0.250. The van der Waals surface area contributed by atoms with Gasteiger partial charge in [0.15, 0.2) is 6.10 Å². The molecule has 0 spiro atoms. The summed E-state index contributed by atoms with van der Waals surface area (Å²) in [5, 5.41) is 0. The minimum absolute atomic E-state index is 0.252. The van der Waals surface area contributed by atoms with Gasteiger partial charge in [-0.25, -0.2) is 0 Å². The maximum Gasteiger partial charge on any atom is 0.420 e. The molecule has 2 nitrogen and oxygen atoms in total. The monoisotopic (exact) mass is 189 g/mol. The van der Waals surface area contributed by atoms with Crippen molar-refractivity contribution in [3.63, 3.8) is 0 Å². The Morgan fingerprint density at radius 1 is 1.38 bits per heavy atom. The van der Waals surface area contributed by atoms with Crippen LogP contribution in [0.4, 0.5) is 13.2 Å². The average molecular weight is 189 g/mol. The molecule has 0 saturated heterocycles. The van der Waals surface area contributed by atoms with Crippen LogP contribution in [0.3, 0.4) is 0 Å². The Kier molecular flexibility index (Phi) is 2.87. The number of aromatic nitrogens is 1. The van der Waals surface area contributed by atoms with Crippen LogP contribution in [-0.2, 0) is 4.74 Å². The molecule has 0 saturated carbocycles. The van der Waals surface area contributed by atoms with Crippen LogP contribution >= 0.6 is 0 Å². The molecule has 1 aromatic rings. The first-order chi connectivity index (χ1) is 6.05. The second-order valence-corrected chi connectivity index (χ2v) is 2.31. The van der Waals surface area contributed by atoms with Crippen LogP contribution in [0.25, 0.3) is 0 Å². The molecule has 13 heavy (non-hydrogen) atoms. The lowest BCUT2D eigenvalue weighted by Gasteiger charge is -2.17. The number of hydrogen-bond acceptors (Lipinski definition) is 2. The Morgan fingerprint density at radius 3 is 2.46 bits per heavy atom. The third-order valence-corrected chi connectivity index (χ3v) is 1.39. The zero-order valence-electron chi connectivity index (χ0n) is 6.45. The van der Waals surface area contributed by atoms with Crippen LogP contribution in [0.5, 0.6) is 0 Å². The quantitative estimate of drug-likeness (QED) is 0.712. The predicted octanol–water partition coefficient (Wildman–Crippen LogP) is 2.37. The summed E-state index contributed by atoms with van der Waals surface area (Å²) in [5.74, 6) is 0. The first-order valence-electron chi connectivity index (χ1n) is 3.39. The highest BCUT2D eigenvalue weighted by molar-refractivity contribution is 5.08. The predicted molar refractivity (Wildman–Crippen MR) is 38.4 cm³/mol. The van der Waals surface area contributed by atoms with Gasteiger partial charge in [0, 0.05) is 6.20 Å². The SMILES string of the molecule is [CH]OC(c1ccccn1)C(F)(F)F. The van der Waals surface area contributed by atoms with Gasteiger partial charge in [0.2, 0.25) is 0 Å². The van der Waals surface area contributed by atoms with Crippen LogP contribution in [0.1, 0.15) is 11.8 Å². The van der Waals surface area contributed by atoms with Crippen molar-refractivity contribution in [1.82, 2.24) is 4.98 Å². The Balaban J connectivity index is 2.92. The molecule has 1 unspecified atom stereocenters. The first kappa shape index (κ1) is 9.98. The van der Waals surface area contributed by atoms with Crippen LogP contribution < -0.4 is 0 Å². The lowest BCUT2D eigenvalue weighted by Crippen LogP contribution is -2.22. The van der Waals surface area contributed by atoms with Gasteiger partial charge >= 0.3 is 6.18 Å². The van der Waals surface area contributed by atoms with Gasteiger partial charge in [-0.2, -0.15) is 13.2 Å². The summed E-state index contributed by atoms with van der Waals surface area (Å²) < 4.78 is 40.3. The molecule has 0 bridgehead atoms. The molecule has 1 heterocycles. The molecule has 0 aliphatic carbocycles. The molecule has 0 N–H and O–H groups in total. The van der Waals surface area contributed by atoms with Crippen molar-refractivity contribution in [3.8, 4) is 0 Å². The van der Waals surface area contributed by atoms with Gasteiger partial charge in [0.05, 0.1) is 5.69 Å². The smallest absolute Gasteiger partial charge is 0.354 e. The summed E-state index contributed by atoms with van der Waals surface area (Å²) in [6.07, 6.45) is -5.45. The summed E-state index contributed by atoms with van der Waals surface area (Å²) >= 11 is 0. The van der Waals surface area contributed by atoms with E-state index in [0.717, 1.165) is 0 Å². The van der Waals surface area contributed by atoms with Gasteiger partial charge in [-0.05, 0) is 12.1 Å². The van der Waals surface area contributed by atoms with E-state index in [1.54, 1.807) is 0 Å². The summed E-state index contributed by atoms with van der Waals surface area (Å²) in [7, 11) is 4.53. The van der Waals surface area contributed by atoms with E-state index in [9.17, 15) is 13.2 Å². The molecule has 0 amide bonds. The van der Waals surface area contributed by atoms with E-state index in [4.69, 9.17) is 0 Å². The van der Waals surface area contributed by atoms with E-state index in [-0.39, 0.29) is 5.69 Å². The molecule has 0 aliphatic rings. The normalized spacial score (nSPS) is 14.2. The molecule has 1 aromatic heterocycles. The highest BCUT2D eigenvalue weighted by Crippen LogP contribution is 2.34. The lowest BCUT2D eigenvalue weighted by atomic mass is 10.2. The molecular formula is C8H6F3NO. The van der Waals surface area contributed by atoms with Crippen molar-refractivity contribution in [2.24, 2.45) is 0 Å². The number of alkyl halides is 3. The lowest BCUT2D eigenvalue weighted by molar-refractivity contribution is -0.211. The molecule has 5 heteroatoms. The van der Waals surface area contributed by atoms with Crippen molar-refractivity contribution < 1.29 is 17.9 Å². The van der Waals surface area contributed by atoms with Crippen molar-refractivity contribution in [1.29, 1.82) is 0 Å². The van der Waals surface area contributed by atoms with Crippen molar-refractivity contribution in [2.45, 2.75) is 12.3 Å². The van der Waals surface area contributed by atoms with E-state index in [0.29, 0.717) is 0 Å². The van der Waals surface area contributed by atoms with E-state index < -0.39 is 12.3 Å². The van der Waals surface area contributed by atoms with Gasteiger partial charge in [0.25, 0.3) is 0 Å². The second-order valence-electron chi connectivity index (χ2n) is 2.31. The maximum atomic E-state index is 12.2. The van der Waals surface area contributed by atoms with Gasteiger partial charge in [-0.15, -0.1) is 0 Å². The summed E-state index contributed by atoms with van der Waals surface area (Å²) in [4.78, 5) is 3.49. The van der Waals surface area contributed by atoms with Crippen LogP contribution in [0.15, 0.2) is 24.4 Å². The second kappa shape index (κ2) is 3.74. The van der Waals surface area contributed by atoms with Crippen LogP contribution in [0, 0.1) is 7.11 Å². The minimum atomic E-state index is -4.54. The Labute approximate surface area is 73.4 Å². The molecular weight excluding hydrogens is 183 g/mol. The molecule has 0 fully saturated rings. The molecule has 1 atom stereocenters. The van der Waals surface area contributed by atoms with Crippen LogP contribution in [0.2, 0.25) is 0 Å². The number of halogens is 3. The van der Waals surface area contributed by atoms with E-state index in [1.807, 2.05) is 0 Å². The van der Waals surface area contributed by atoms with Gasteiger partial charge < -0.3 is 4.74 Å². The van der Waals surface area contributed by atoms with Gasteiger partial charge in [-0.1, -0.05) is 6.07 Å². The minimum Gasteiger partial charge on any atom is -0.354 e. The Hall–Kier alpha value is -1.10.